The molecule has 0 fully saturated rings. The van der Waals surface area contributed by atoms with Gasteiger partial charge < -0.3 is 14.7 Å². The van der Waals surface area contributed by atoms with Crippen LogP contribution in [-0.4, -0.2) is 28.7 Å². The third kappa shape index (κ3) is 4.01. The number of esters is 1. The summed E-state index contributed by atoms with van der Waals surface area (Å²) in [7, 11) is -4.24. The predicted octanol–water partition coefficient (Wildman–Crippen LogP) is 3.35. The SMILES string of the molecule is CCOC(=O)C(C)CP(=O)(O)C(O)(c1ccccc1)c1ccccc1. The Kier molecular flexibility index (Phi) is 6.17. The summed E-state index contributed by atoms with van der Waals surface area (Å²) in [4.78, 5) is 22.7. The maximum absolute atomic E-state index is 13.3. The summed E-state index contributed by atoms with van der Waals surface area (Å²) >= 11 is 0. The molecular formula is C19H23O5P. The standard InChI is InChI=1S/C19H23O5P/c1-3-24-18(20)15(2)14-25(22,23)19(21,16-10-6-4-7-11-16)17-12-8-5-9-13-17/h4-13,15,21H,3,14H2,1-2H3,(H,22,23). The first kappa shape index (κ1) is 19.4. The van der Waals surface area contributed by atoms with Gasteiger partial charge in [-0.05, 0) is 18.1 Å². The fraction of sp³-hybridized carbons (Fsp3) is 0.316. The van der Waals surface area contributed by atoms with E-state index in [1.54, 1.807) is 67.6 Å². The topological polar surface area (TPSA) is 83.8 Å². The Balaban J connectivity index is 2.49. The molecule has 0 saturated heterocycles. The molecule has 2 rings (SSSR count). The van der Waals surface area contributed by atoms with Crippen LogP contribution in [0.1, 0.15) is 25.0 Å². The highest BCUT2D eigenvalue weighted by Crippen LogP contribution is 2.62. The molecule has 25 heavy (non-hydrogen) atoms. The van der Waals surface area contributed by atoms with Crippen LogP contribution in [-0.2, 0) is 19.4 Å². The average molecular weight is 362 g/mol. The lowest BCUT2D eigenvalue weighted by Gasteiger charge is -2.34. The van der Waals surface area contributed by atoms with Gasteiger partial charge in [-0.25, -0.2) is 0 Å². The van der Waals surface area contributed by atoms with Gasteiger partial charge in [0.2, 0.25) is 7.37 Å². The molecule has 0 radical (unpaired) electrons. The lowest BCUT2D eigenvalue weighted by Crippen LogP contribution is -2.31. The lowest BCUT2D eigenvalue weighted by molar-refractivity contribution is -0.146. The van der Waals surface area contributed by atoms with Crippen molar-refractivity contribution in [3.05, 3.63) is 71.8 Å². The summed E-state index contributed by atoms with van der Waals surface area (Å²) < 4.78 is 18.2. The first-order valence-corrected chi connectivity index (χ1v) is 9.99. The molecule has 2 aromatic carbocycles. The van der Waals surface area contributed by atoms with E-state index < -0.39 is 24.6 Å². The second-order valence-electron chi connectivity index (χ2n) is 5.94. The summed E-state index contributed by atoms with van der Waals surface area (Å²) in [5.41, 5.74) is 0.617. The molecule has 134 valence electrons. The normalized spacial score (nSPS) is 15.2. The third-order valence-electron chi connectivity index (χ3n) is 4.07. The Morgan fingerprint density at radius 1 is 1.08 bits per heavy atom. The smallest absolute Gasteiger partial charge is 0.309 e. The van der Waals surface area contributed by atoms with Crippen molar-refractivity contribution in [1.82, 2.24) is 0 Å². The Morgan fingerprint density at radius 2 is 1.52 bits per heavy atom. The van der Waals surface area contributed by atoms with Gasteiger partial charge in [0, 0.05) is 6.16 Å². The van der Waals surface area contributed by atoms with E-state index in [1.807, 2.05) is 0 Å². The minimum absolute atomic E-state index is 0.195. The molecule has 0 aromatic heterocycles. The molecule has 0 aliphatic carbocycles. The van der Waals surface area contributed by atoms with E-state index in [0.717, 1.165) is 0 Å². The van der Waals surface area contributed by atoms with Gasteiger partial charge in [-0.3, -0.25) is 9.36 Å². The summed E-state index contributed by atoms with van der Waals surface area (Å²) in [6.07, 6.45) is -0.383. The Bertz CT molecular complexity index is 705. The van der Waals surface area contributed by atoms with E-state index in [2.05, 4.69) is 0 Å². The van der Waals surface area contributed by atoms with Gasteiger partial charge in [-0.2, -0.15) is 0 Å². The molecule has 0 aliphatic rings. The zero-order valence-electron chi connectivity index (χ0n) is 14.3. The molecule has 0 amide bonds. The van der Waals surface area contributed by atoms with Crippen molar-refractivity contribution >= 4 is 13.3 Å². The molecule has 2 aromatic rings. The molecule has 2 atom stereocenters. The van der Waals surface area contributed by atoms with Crippen LogP contribution in [0.2, 0.25) is 0 Å². The molecule has 2 unspecified atom stereocenters. The zero-order valence-corrected chi connectivity index (χ0v) is 15.2. The molecule has 0 saturated carbocycles. The van der Waals surface area contributed by atoms with Crippen molar-refractivity contribution in [3.8, 4) is 0 Å². The predicted molar refractivity (Wildman–Crippen MR) is 96.4 cm³/mol. The number of carbonyl (C=O) groups excluding carboxylic acids is 1. The van der Waals surface area contributed by atoms with Crippen LogP contribution in [0.3, 0.4) is 0 Å². The van der Waals surface area contributed by atoms with Crippen molar-refractivity contribution in [2.75, 3.05) is 12.8 Å². The van der Waals surface area contributed by atoms with Crippen LogP contribution in [0, 0.1) is 5.92 Å². The highest BCUT2D eigenvalue weighted by atomic mass is 31.2. The summed E-state index contributed by atoms with van der Waals surface area (Å²) in [5.74, 6) is -1.37. The summed E-state index contributed by atoms with van der Waals surface area (Å²) in [6, 6.07) is 16.7. The minimum Gasteiger partial charge on any atom is -0.466 e. The Morgan fingerprint density at radius 3 is 1.92 bits per heavy atom. The fourth-order valence-corrected chi connectivity index (χ4v) is 5.03. The van der Waals surface area contributed by atoms with Crippen LogP contribution in [0.5, 0.6) is 0 Å². The van der Waals surface area contributed by atoms with Gasteiger partial charge in [0.1, 0.15) is 0 Å². The van der Waals surface area contributed by atoms with Crippen LogP contribution < -0.4 is 0 Å². The minimum atomic E-state index is -4.24. The lowest BCUT2D eigenvalue weighted by atomic mass is 10.0. The average Bonchev–Trinajstić information content (AvgIpc) is 2.62. The van der Waals surface area contributed by atoms with E-state index >= 15 is 0 Å². The van der Waals surface area contributed by atoms with Gasteiger partial charge in [0.05, 0.1) is 12.5 Å². The van der Waals surface area contributed by atoms with Gasteiger partial charge in [0.15, 0.2) is 5.34 Å². The number of benzene rings is 2. The molecule has 5 nitrogen and oxygen atoms in total. The summed E-state index contributed by atoms with van der Waals surface area (Å²) in [6.45, 7) is 3.39. The molecule has 0 spiro atoms. The largest absolute Gasteiger partial charge is 0.466 e. The molecule has 2 N–H and O–H groups in total. The fourth-order valence-electron chi connectivity index (χ4n) is 2.77. The van der Waals surface area contributed by atoms with E-state index in [-0.39, 0.29) is 12.8 Å². The number of aliphatic hydroxyl groups is 1. The molecule has 6 heteroatoms. The van der Waals surface area contributed by atoms with Gasteiger partial charge >= 0.3 is 5.97 Å². The monoisotopic (exact) mass is 362 g/mol. The second kappa shape index (κ2) is 7.96. The van der Waals surface area contributed by atoms with Crippen LogP contribution in [0.15, 0.2) is 60.7 Å². The zero-order chi connectivity index (χ0) is 18.5. The molecular weight excluding hydrogens is 339 g/mol. The Hall–Kier alpha value is -1.94. The van der Waals surface area contributed by atoms with Crippen molar-refractivity contribution in [2.45, 2.75) is 19.2 Å². The van der Waals surface area contributed by atoms with Crippen LogP contribution in [0.4, 0.5) is 0 Å². The summed E-state index contributed by atoms with van der Waals surface area (Å²) in [5, 5.41) is 9.28. The van der Waals surface area contributed by atoms with Crippen molar-refractivity contribution in [1.29, 1.82) is 0 Å². The van der Waals surface area contributed by atoms with Crippen LogP contribution >= 0.6 is 7.37 Å². The number of rotatable bonds is 7. The van der Waals surface area contributed by atoms with E-state index in [0.29, 0.717) is 11.1 Å². The third-order valence-corrected chi connectivity index (χ3v) is 6.64. The number of ether oxygens (including phenoxy) is 1. The maximum Gasteiger partial charge on any atom is 0.309 e. The quantitative estimate of drug-likeness (QED) is 0.583. The first-order chi connectivity index (χ1) is 11.8. The first-order valence-electron chi connectivity index (χ1n) is 8.15. The molecule has 0 heterocycles. The van der Waals surface area contributed by atoms with Crippen molar-refractivity contribution < 1.29 is 24.1 Å². The second-order valence-corrected chi connectivity index (χ2v) is 8.36. The maximum atomic E-state index is 13.3. The van der Waals surface area contributed by atoms with E-state index in [4.69, 9.17) is 4.74 Å². The molecule has 0 aliphatic heterocycles. The number of carbonyl (C=O) groups is 1. The van der Waals surface area contributed by atoms with Crippen LogP contribution in [0.25, 0.3) is 0 Å². The number of hydrogen-bond acceptors (Lipinski definition) is 4. The molecule has 0 bridgehead atoms. The highest BCUT2D eigenvalue weighted by molar-refractivity contribution is 7.59. The number of hydrogen-bond donors (Lipinski definition) is 2. The van der Waals surface area contributed by atoms with Gasteiger partial charge in [0.25, 0.3) is 0 Å². The van der Waals surface area contributed by atoms with E-state index in [9.17, 15) is 19.4 Å². The highest BCUT2D eigenvalue weighted by Gasteiger charge is 2.49. The van der Waals surface area contributed by atoms with Gasteiger partial charge in [-0.15, -0.1) is 0 Å². The Labute approximate surface area is 147 Å². The van der Waals surface area contributed by atoms with E-state index in [1.165, 1.54) is 6.92 Å². The van der Waals surface area contributed by atoms with Gasteiger partial charge in [-0.1, -0.05) is 67.6 Å². The van der Waals surface area contributed by atoms with Crippen molar-refractivity contribution in [2.24, 2.45) is 5.92 Å². The van der Waals surface area contributed by atoms with Crippen molar-refractivity contribution in [3.63, 3.8) is 0 Å².